The molecule has 2 amide bonds. The highest BCUT2D eigenvalue weighted by Gasteiger charge is 2.15. The summed E-state index contributed by atoms with van der Waals surface area (Å²) in [4.78, 5) is 22.0. The topological polar surface area (TPSA) is 58.2 Å². The zero-order chi connectivity index (χ0) is 9.72. The highest BCUT2D eigenvalue weighted by atomic mass is 16.2. The van der Waals surface area contributed by atoms with Gasteiger partial charge in [-0.1, -0.05) is 13.8 Å². The van der Waals surface area contributed by atoms with Crippen molar-refractivity contribution in [3.05, 3.63) is 0 Å². The first-order chi connectivity index (χ1) is 5.49. The molecule has 0 spiro atoms. The average Bonchev–Trinajstić information content (AvgIpc) is 2.02. The molecule has 12 heavy (non-hydrogen) atoms. The lowest BCUT2D eigenvalue weighted by atomic mass is 10.2. The van der Waals surface area contributed by atoms with Gasteiger partial charge < -0.3 is 10.6 Å². The summed E-state index contributed by atoms with van der Waals surface area (Å²) in [6.07, 6.45) is 0. The van der Waals surface area contributed by atoms with Crippen LogP contribution in [0.1, 0.15) is 20.8 Å². The van der Waals surface area contributed by atoms with E-state index in [1.807, 2.05) is 0 Å². The molecule has 0 radical (unpaired) electrons. The van der Waals surface area contributed by atoms with Gasteiger partial charge in [-0.3, -0.25) is 9.59 Å². The van der Waals surface area contributed by atoms with E-state index in [-0.39, 0.29) is 17.7 Å². The van der Waals surface area contributed by atoms with E-state index < -0.39 is 6.04 Å². The minimum atomic E-state index is -0.454. The van der Waals surface area contributed by atoms with Gasteiger partial charge in [-0.05, 0) is 6.92 Å². The molecule has 0 aliphatic rings. The Morgan fingerprint density at radius 2 is 1.58 bits per heavy atom. The number of hydrogen-bond acceptors (Lipinski definition) is 2. The molecule has 0 aliphatic heterocycles. The molecule has 4 nitrogen and oxygen atoms in total. The van der Waals surface area contributed by atoms with Crippen LogP contribution in [-0.4, -0.2) is 24.9 Å². The predicted octanol–water partition coefficient (Wildman–Crippen LogP) is -0.107. The molecule has 0 aromatic rings. The minimum absolute atomic E-state index is 0.0860. The molecule has 0 fully saturated rings. The fourth-order valence-electron chi connectivity index (χ4n) is 0.662. The second-order valence-corrected chi connectivity index (χ2v) is 3.00. The van der Waals surface area contributed by atoms with Crippen molar-refractivity contribution in [3.8, 4) is 0 Å². The third-order valence-electron chi connectivity index (χ3n) is 1.52. The van der Waals surface area contributed by atoms with E-state index in [4.69, 9.17) is 0 Å². The summed E-state index contributed by atoms with van der Waals surface area (Å²) in [5.74, 6) is -0.368. The fraction of sp³-hybridized carbons (Fsp3) is 0.750. The van der Waals surface area contributed by atoms with Crippen LogP contribution in [0.15, 0.2) is 0 Å². The molecule has 0 bridgehead atoms. The van der Waals surface area contributed by atoms with Crippen LogP contribution in [0.4, 0.5) is 0 Å². The van der Waals surface area contributed by atoms with Crippen LogP contribution >= 0.6 is 0 Å². The van der Waals surface area contributed by atoms with Crippen molar-refractivity contribution >= 4 is 11.8 Å². The molecule has 0 heterocycles. The summed E-state index contributed by atoms with van der Waals surface area (Å²) >= 11 is 0. The molecule has 0 saturated carbocycles. The third kappa shape index (κ3) is 3.37. The maximum Gasteiger partial charge on any atom is 0.242 e. The number of amides is 2. The van der Waals surface area contributed by atoms with Gasteiger partial charge in [0.1, 0.15) is 6.04 Å². The van der Waals surface area contributed by atoms with Crippen LogP contribution in [0.2, 0.25) is 0 Å². The van der Waals surface area contributed by atoms with E-state index >= 15 is 0 Å². The van der Waals surface area contributed by atoms with Gasteiger partial charge >= 0.3 is 0 Å². The monoisotopic (exact) mass is 172 g/mol. The lowest BCUT2D eigenvalue weighted by Crippen LogP contribution is -2.44. The number of nitrogens with one attached hydrogen (secondary N) is 2. The van der Waals surface area contributed by atoms with Gasteiger partial charge in [-0.25, -0.2) is 0 Å². The lowest BCUT2D eigenvalue weighted by Gasteiger charge is -2.13. The zero-order valence-electron chi connectivity index (χ0n) is 7.97. The lowest BCUT2D eigenvalue weighted by molar-refractivity contribution is -0.129. The first-order valence-corrected chi connectivity index (χ1v) is 4.01. The molecule has 2 N–H and O–H groups in total. The van der Waals surface area contributed by atoms with E-state index in [0.29, 0.717) is 0 Å². The molecule has 0 aromatic carbocycles. The van der Waals surface area contributed by atoms with Crippen LogP contribution in [0, 0.1) is 5.92 Å². The van der Waals surface area contributed by atoms with Gasteiger partial charge in [-0.15, -0.1) is 0 Å². The number of likely N-dealkylation sites (N-methyl/N-ethyl adjacent to an activating group) is 1. The van der Waals surface area contributed by atoms with Crippen molar-refractivity contribution in [2.24, 2.45) is 5.92 Å². The Kier molecular flexibility index (Phi) is 4.33. The number of hydrogen-bond donors (Lipinski definition) is 2. The van der Waals surface area contributed by atoms with Crippen molar-refractivity contribution in [2.75, 3.05) is 7.05 Å². The van der Waals surface area contributed by atoms with Gasteiger partial charge in [-0.2, -0.15) is 0 Å². The summed E-state index contributed by atoms with van der Waals surface area (Å²) in [7, 11) is 1.54. The Hall–Kier alpha value is -1.06. The number of rotatable bonds is 3. The first-order valence-electron chi connectivity index (χ1n) is 4.01. The molecule has 1 atom stereocenters. The molecule has 70 valence electrons. The quantitative estimate of drug-likeness (QED) is 0.624. The smallest absolute Gasteiger partial charge is 0.242 e. The number of carbonyl (C=O) groups excluding carboxylic acids is 2. The molecule has 4 heteroatoms. The highest BCUT2D eigenvalue weighted by Crippen LogP contribution is 1.92. The second kappa shape index (κ2) is 4.74. The van der Waals surface area contributed by atoms with Crippen LogP contribution < -0.4 is 10.6 Å². The normalized spacial score (nSPS) is 12.4. The Morgan fingerprint density at radius 1 is 1.08 bits per heavy atom. The minimum Gasteiger partial charge on any atom is -0.357 e. The maximum absolute atomic E-state index is 11.1. The summed E-state index contributed by atoms with van der Waals surface area (Å²) in [6, 6.07) is -0.454. The molecule has 1 unspecified atom stereocenters. The summed E-state index contributed by atoms with van der Waals surface area (Å²) < 4.78 is 0. The van der Waals surface area contributed by atoms with Crippen LogP contribution in [0.5, 0.6) is 0 Å². The Balaban J connectivity index is 3.92. The Bertz CT molecular complexity index is 178. The van der Waals surface area contributed by atoms with Gasteiger partial charge in [0.15, 0.2) is 0 Å². The molecule has 0 aliphatic carbocycles. The SMILES string of the molecule is CNC(=O)C(C)NC(=O)C(C)C. The number of carbonyl (C=O) groups is 2. The average molecular weight is 172 g/mol. The van der Waals surface area contributed by atoms with Crippen molar-refractivity contribution < 1.29 is 9.59 Å². The standard InChI is InChI=1S/C8H16N2O2/c1-5(2)7(11)10-6(3)8(12)9-4/h5-6H,1-4H3,(H,9,12)(H,10,11). The molecule has 0 saturated heterocycles. The highest BCUT2D eigenvalue weighted by molar-refractivity contribution is 5.87. The second-order valence-electron chi connectivity index (χ2n) is 3.00. The third-order valence-corrected chi connectivity index (χ3v) is 1.52. The van der Waals surface area contributed by atoms with Crippen molar-refractivity contribution in [1.82, 2.24) is 10.6 Å². The summed E-state index contributed by atoms with van der Waals surface area (Å²) in [5, 5.41) is 5.03. The Labute approximate surface area is 72.7 Å². The maximum atomic E-state index is 11.1. The predicted molar refractivity (Wildman–Crippen MR) is 46.5 cm³/mol. The van der Waals surface area contributed by atoms with Crippen LogP contribution in [0.3, 0.4) is 0 Å². The van der Waals surface area contributed by atoms with Crippen LogP contribution in [-0.2, 0) is 9.59 Å². The van der Waals surface area contributed by atoms with Gasteiger partial charge in [0, 0.05) is 13.0 Å². The summed E-state index contributed by atoms with van der Waals surface area (Å²) in [6.45, 7) is 5.22. The Morgan fingerprint density at radius 3 is 1.92 bits per heavy atom. The van der Waals surface area contributed by atoms with Crippen molar-refractivity contribution in [1.29, 1.82) is 0 Å². The van der Waals surface area contributed by atoms with Gasteiger partial charge in [0.05, 0.1) is 0 Å². The molecular weight excluding hydrogens is 156 g/mol. The molecular formula is C8H16N2O2. The summed E-state index contributed by atoms with van der Waals surface area (Å²) in [5.41, 5.74) is 0. The molecule has 0 aromatic heterocycles. The van der Waals surface area contributed by atoms with E-state index in [0.717, 1.165) is 0 Å². The van der Waals surface area contributed by atoms with E-state index in [9.17, 15) is 9.59 Å². The van der Waals surface area contributed by atoms with E-state index in [2.05, 4.69) is 10.6 Å². The van der Waals surface area contributed by atoms with Gasteiger partial charge in [0.2, 0.25) is 11.8 Å². The van der Waals surface area contributed by atoms with Crippen molar-refractivity contribution in [2.45, 2.75) is 26.8 Å². The van der Waals surface area contributed by atoms with Crippen LogP contribution in [0.25, 0.3) is 0 Å². The van der Waals surface area contributed by atoms with Gasteiger partial charge in [0.25, 0.3) is 0 Å². The van der Waals surface area contributed by atoms with E-state index in [1.54, 1.807) is 27.8 Å². The molecule has 0 rings (SSSR count). The fourth-order valence-corrected chi connectivity index (χ4v) is 0.662. The van der Waals surface area contributed by atoms with Crippen molar-refractivity contribution in [3.63, 3.8) is 0 Å². The van der Waals surface area contributed by atoms with E-state index in [1.165, 1.54) is 0 Å². The largest absolute Gasteiger partial charge is 0.357 e. The first kappa shape index (κ1) is 10.9. The zero-order valence-corrected chi connectivity index (χ0v) is 7.97.